The average Bonchev–Trinajstić information content (AvgIpc) is 2.58. The van der Waals surface area contributed by atoms with E-state index in [1.807, 2.05) is 6.92 Å². The van der Waals surface area contributed by atoms with E-state index in [4.69, 9.17) is 9.47 Å². The molecule has 0 bridgehead atoms. The van der Waals surface area contributed by atoms with Crippen LogP contribution in [0.2, 0.25) is 0 Å². The highest BCUT2D eigenvalue weighted by molar-refractivity contribution is 7.89. The number of hydrogen-bond acceptors (Lipinski definition) is 5. The van der Waals surface area contributed by atoms with Crippen LogP contribution in [-0.2, 0) is 14.8 Å². The summed E-state index contributed by atoms with van der Waals surface area (Å²) in [4.78, 5) is 0.262. The average molecular weight is 342 g/mol. The quantitative estimate of drug-likeness (QED) is 0.663. The zero-order valence-corrected chi connectivity index (χ0v) is 14.4. The predicted molar refractivity (Wildman–Crippen MR) is 89.2 cm³/mol. The van der Waals surface area contributed by atoms with Crippen molar-refractivity contribution in [2.45, 2.75) is 24.7 Å². The molecule has 0 spiro atoms. The predicted octanol–water partition coefficient (Wildman–Crippen LogP) is 1.38. The van der Waals surface area contributed by atoms with Gasteiger partial charge in [-0.3, -0.25) is 0 Å². The monoisotopic (exact) mass is 342 g/mol. The van der Waals surface area contributed by atoms with E-state index in [1.54, 1.807) is 24.3 Å². The molecule has 7 heteroatoms. The van der Waals surface area contributed by atoms with Crippen LogP contribution in [0.4, 0.5) is 0 Å². The van der Waals surface area contributed by atoms with Gasteiger partial charge in [0.05, 0.1) is 11.5 Å². The number of rotatable bonds is 9. The lowest BCUT2D eigenvalue weighted by atomic mass is 10.0. The third kappa shape index (κ3) is 6.10. The van der Waals surface area contributed by atoms with Crippen LogP contribution in [-0.4, -0.2) is 47.9 Å². The van der Waals surface area contributed by atoms with Crippen molar-refractivity contribution in [3.05, 3.63) is 24.3 Å². The standard InChI is InChI=1S/C16H26N2O4S/c1-2-21-10-11-22-15-5-7-16(8-6-15)23(19,20)18-13-14-4-3-9-17-12-14/h5-8,14,17-18H,2-4,9-13H2,1H3. The Kier molecular flexibility index (Phi) is 7.29. The molecule has 2 rings (SSSR count). The Hall–Kier alpha value is -1.15. The highest BCUT2D eigenvalue weighted by atomic mass is 32.2. The Bertz CT molecular complexity index is 554. The van der Waals surface area contributed by atoms with E-state index < -0.39 is 10.0 Å². The van der Waals surface area contributed by atoms with E-state index in [-0.39, 0.29) is 4.90 Å². The Labute approximate surface area is 138 Å². The molecule has 23 heavy (non-hydrogen) atoms. The molecule has 1 aliphatic heterocycles. The van der Waals surface area contributed by atoms with Gasteiger partial charge >= 0.3 is 0 Å². The summed E-state index contributed by atoms with van der Waals surface area (Å²) in [7, 11) is -3.46. The molecule has 1 aliphatic rings. The molecule has 2 N–H and O–H groups in total. The maximum absolute atomic E-state index is 12.3. The summed E-state index contributed by atoms with van der Waals surface area (Å²) >= 11 is 0. The van der Waals surface area contributed by atoms with Crippen LogP contribution in [0.3, 0.4) is 0 Å². The topological polar surface area (TPSA) is 76.7 Å². The van der Waals surface area contributed by atoms with Crippen LogP contribution in [0.15, 0.2) is 29.2 Å². The minimum absolute atomic E-state index is 0.262. The number of nitrogens with one attached hydrogen (secondary N) is 2. The molecule has 1 heterocycles. The second-order valence-corrected chi connectivity index (χ2v) is 7.35. The van der Waals surface area contributed by atoms with Crippen molar-refractivity contribution in [3.63, 3.8) is 0 Å². The van der Waals surface area contributed by atoms with Crippen molar-refractivity contribution in [2.24, 2.45) is 5.92 Å². The number of benzene rings is 1. The zero-order valence-electron chi connectivity index (χ0n) is 13.6. The van der Waals surface area contributed by atoms with E-state index in [0.29, 0.717) is 38.0 Å². The van der Waals surface area contributed by atoms with Crippen molar-refractivity contribution in [1.82, 2.24) is 10.0 Å². The molecular weight excluding hydrogens is 316 g/mol. The summed E-state index contributed by atoms with van der Waals surface area (Å²) in [6.07, 6.45) is 2.16. The first-order valence-corrected chi connectivity index (χ1v) is 9.61. The number of piperidine rings is 1. The Morgan fingerprint density at radius 1 is 1.26 bits per heavy atom. The summed E-state index contributed by atoms with van der Waals surface area (Å²) in [6, 6.07) is 6.47. The molecule has 1 fully saturated rings. The summed E-state index contributed by atoms with van der Waals surface area (Å²) in [5, 5.41) is 3.29. The van der Waals surface area contributed by atoms with Crippen LogP contribution in [0, 0.1) is 5.92 Å². The van der Waals surface area contributed by atoms with Gasteiger partial charge in [0.25, 0.3) is 0 Å². The molecule has 0 saturated carbocycles. The van der Waals surface area contributed by atoms with Crippen LogP contribution in [0.25, 0.3) is 0 Å². The van der Waals surface area contributed by atoms with E-state index in [9.17, 15) is 8.42 Å². The van der Waals surface area contributed by atoms with E-state index >= 15 is 0 Å². The smallest absolute Gasteiger partial charge is 0.240 e. The lowest BCUT2D eigenvalue weighted by Crippen LogP contribution is -2.38. The summed E-state index contributed by atoms with van der Waals surface area (Å²) < 4.78 is 38.0. The van der Waals surface area contributed by atoms with E-state index in [2.05, 4.69) is 10.0 Å². The fourth-order valence-corrected chi connectivity index (χ4v) is 3.60. The van der Waals surface area contributed by atoms with Gasteiger partial charge in [0, 0.05) is 13.2 Å². The summed E-state index contributed by atoms with van der Waals surface area (Å²) in [5.41, 5.74) is 0. The van der Waals surface area contributed by atoms with Gasteiger partial charge in [0.15, 0.2) is 0 Å². The van der Waals surface area contributed by atoms with Crippen molar-refractivity contribution < 1.29 is 17.9 Å². The molecule has 1 saturated heterocycles. The SMILES string of the molecule is CCOCCOc1ccc(S(=O)(=O)NCC2CCCNC2)cc1. The van der Waals surface area contributed by atoms with Gasteiger partial charge in [-0.1, -0.05) is 0 Å². The first kappa shape index (κ1) is 18.2. The largest absolute Gasteiger partial charge is 0.491 e. The van der Waals surface area contributed by atoms with Crippen molar-refractivity contribution in [3.8, 4) is 5.75 Å². The lowest BCUT2D eigenvalue weighted by molar-refractivity contribution is 0.110. The van der Waals surface area contributed by atoms with Crippen LogP contribution >= 0.6 is 0 Å². The third-order valence-corrected chi connectivity index (χ3v) is 5.23. The van der Waals surface area contributed by atoms with Gasteiger partial charge < -0.3 is 14.8 Å². The summed E-state index contributed by atoms with van der Waals surface area (Å²) in [5.74, 6) is 1.000. The lowest BCUT2D eigenvalue weighted by Gasteiger charge is -2.22. The minimum Gasteiger partial charge on any atom is -0.491 e. The maximum atomic E-state index is 12.3. The molecule has 1 unspecified atom stereocenters. The highest BCUT2D eigenvalue weighted by Crippen LogP contribution is 2.16. The third-order valence-electron chi connectivity index (χ3n) is 3.80. The van der Waals surface area contributed by atoms with Gasteiger partial charge in [-0.05, 0) is 63.0 Å². The molecule has 1 aromatic rings. The first-order chi connectivity index (χ1) is 11.1. The molecule has 130 valence electrons. The first-order valence-electron chi connectivity index (χ1n) is 8.13. The van der Waals surface area contributed by atoms with Crippen molar-refractivity contribution >= 4 is 10.0 Å². The molecule has 0 radical (unpaired) electrons. The molecule has 1 aromatic carbocycles. The molecular formula is C16H26N2O4S. The van der Waals surface area contributed by atoms with Crippen molar-refractivity contribution in [2.75, 3.05) is 39.5 Å². The second kappa shape index (κ2) is 9.22. The molecule has 6 nitrogen and oxygen atoms in total. The van der Waals surface area contributed by atoms with Gasteiger partial charge in [-0.25, -0.2) is 13.1 Å². The van der Waals surface area contributed by atoms with Crippen LogP contribution < -0.4 is 14.8 Å². The number of hydrogen-bond donors (Lipinski definition) is 2. The molecule has 1 atom stereocenters. The van der Waals surface area contributed by atoms with Crippen LogP contribution in [0.5, 0.6) is 5.75 Å². The minimum atomic E-state index is -3.46. The number of sulfonamides is 1. The normalized spacial score (nSPS) is 18.7. The molecule has 0 aliphatic carbocycles. The number of ether oxygens (including phenoxy) is 2. The van der Waals surface area contributed by atoms with Gasteiger partial charge in [0.1, 0.15) is 12.4 Å². The molecule has 0 amide bonds. The fourth-order valence-electron chi connectivity index (χ4n) is 2.49. The Morgan fingerprint density at radius 3 is 2.70 bits per heavy atom. The maximum Gasteiger partial charge on any atom is 0.240 e. The van der Waals surface area contributed by atoms with E-state index in [0.717, 1.165) is 25.9 Å². The van der Waals surface area contributed by atoms with Crippen LogP contribution in [0.1, 0.15) is 19.8 Å². The summed E-state index contributed by atoms with van der Waals surface area (Å²) in [6.45, 7) is 5.92. The highest BCUT2D eigenvalue weighted by Gasteiger charge is 2.18. The molecule has 0 aromatic heterocycles. The fraction of sp³-hybridized carbons (Fsp3) is 0.625. The second-order valence-electron chi connectivity index (χ2n) is 5.58. The van der Waals surface area contributed by atoms with E-state index in [1.165, 1.54) is 0 Å². The van der Waals surface area contributed by atoms with Gasteiger partial charge in [-0.2, -0.15) is 0 Å². The Balaban J connectivity index is 1.84. The van der Waals surface area contributed by atoms with Crippen molar-refractivity contribution in [1.29, 1.82) is 0 Å². The zero-order chi connectivity index (χ0) is 16.5. The van der Waals surface area contributed by atoms with Gasteiger partial charge in [0.2, 0.25) is 10.0 Å². The van der Waals surface area contributed by atoms with Gasteiger partial charge in [-0.15, -0.1) is 0 Å². The Morgan fingerprint density at radius 2 is 2.04 bits per heavy atom.